The molecule has 0 aliphatic carbocycles. The molecule has 2 aromatic heterocycles. The van der Waals surface area contributed by atoms with Gasteiger partial charge < -0.3 is 62.1 Å². The predicted molar refractivity (Wildman–Crippen MR) is 469 cm³/mol. The molecule has 0 spiro atoms. The quantitative estimate of drug-likeness (QED) is 0.0425. The molecule has 3 heterocycles. The number of fused-ring (bicyclic) bond motifs is 8. The minimum absolute atomic E-state index is 0. The third-order valence-corrected chi connectivity index (χ3v) is 23.7. The van der Waals surface area contributed by atoms with Crippen molar-refractivity contribution in [3.63, 3.8) is 0 Å². The first-order valence-corrected chi connectivity index (χ1v) is 46.5. The van der Waals surface area contributed by atoms with Crippen molar-refractivity contribution in [2.75, 3.05) is 0 Å². The van der Waals surface area contributed by atoms with Gasteiger partial charge in [0.15, 0.2) is 0 Å². The minimum atomic E-state index is -4.61. The van der Waals surface area contributed by atoms with Crippen LogP contribution in [0.2, 0.25) is 10.0 Å². The Morgan fingerprint density at radius 1 is 0.374 bits per heavy atom. The van der Waals surface area contributed by atoms with Crippen molar-refractivity contribution in [2.24, 2.45) is 0 Å². The van der Waals surface area contributed by atoms with Crippen molar-refractivity contribution in [3.8, 4) is 46.0 Å². The van der Waals surface area contributed by atoms with Crippen LogP contribution in [0.4, 0.5) is 25.2 Å². The van der Waals surface area contributed by atoms with E-state index in [1.54, 1.807) is 84.9 Å². The Bertz CT molecular complexity index is 5920. The average Bonchev–Trinajstić information content (AvgIpc) is 1.69. The molecular weight excluding hydrogens is 1810 g/mol. The molecule has 14 aromatic rings. The topological polar surface area (TPSA) is 241 Å². The van der Waals surface area contributed by atoms with Gasteiger partial charge in [-0.15, -0.1) is 25.2 Å². The van der Waals surface area contributed by atoms with Gasteiger partial charge in [-0.25, -0.2) is 16.8 Å². The second-order valence-corrected chi connectivity index (χ2v) is 37.2. The van der Waals surface area contributed by atoms with E-state index < -0.39 is 81.4 Å². The molecule has 123 heavy (non-hydrogen) atoms. The summed E-state index contributed by atoms with van der Waals surface area (Å²) in [5.74, 6) is 2.84. The van der Waals surface area contributed by atoms with Gasteiger partial charge in [-0.3, -0.25) is 0 Å². The molecule has 0 unspecified atom stereocenters. The van der Waals surface area contributed by atoms with Crippen molar-refractivity contribution in [1.82, 2.24) is 0 Å². The summed E-state index contributed by atoms with van der Waals surface area (Å²) >= 11 is 11.9. The van der Waals surface area contributed by atoms with Gasteiger partial charge in [-0.2, -0.15) is 0 Å². The van der Waals surface area contributed by atoms with Crippen LogP contribution < -0.4 is 95.3 Å². The molecule has 0 N–H and O–H groups in total. The van der Waals surface area contributed by atoms with Gasteiger partial charge in [0.2, 0.25) is 0 Å². The van der Waals surface area contributed by atoms with Gasteiger partial charge >= 0.3 is 111 Å². The molecule has 0 bridgehead atoms. The van der Waals surface area contributed by atoms with Crippen molar-refractivity contribution in [1.29, 1.82) is 0 Å². The zero-order valence-corrected chi connectivity index (χ0v) is 81.3. The Morgan fingerprint density at radius 2 is 0.691 bits per heavy atom. The number of hydrogen-bond acceptors (Lipinski definition) is 18. The summed E-state index contributed by atoms with van der Waals surface area (Å²) in [6.45, 7) is 24.1. The molecule has 0 atom stereocenters. The van der Waals surface area contributed by atoms with Crippen LogP contribution in [-0.2, 0) is 37.5 Å². The van der Waals surface area contributed by atoms with Crippen LogP contribution in [0.1, 0.15) is 97.2 Å². The van der Waals surface area contributed by atoms with Crippen LogP contribution in [-0.4, -0.2) is 25.9 Å². The zero-order valence-electron chi connectivity index (χ0n) is 68.8. The van der Waals surface area contributed by atoms with Crippen molar-refractivity contribution >= 4 is 139 Å². The van der Waals surface area contributed by atoms with Crippen molar-refractivity contribution in [2.45, 2.75) is 110 Å². The van der Waals surface area contributed by atoms with Crippen LogP contribution in [0.3, 0.4) is 0 Å². The van der Waals surface area contributed by atoms with E-state index in [1.807, 2.05) is 163 Å². The van der Waals surface area contributed by atoms with Crippen LogP contribution in [0.25, 0.3) is 43.9 Å². The normalized spacial score (nSPS) is 11.8. The summed E-state index contributed by atoms with van der Waals surface area (Å²) in [6, 6.07) is 70.6. The van der Waals surface area contributed by atoms with Gasteiger partial charge in [-0.1, -0.05) is 186 Å². The largest absolute Gasteiger partial charge is 1.00 e. The summed E-state index contributed by atoms with van der Waals surface area (Å²) in [4.78, 5) is -0.985. The molecule has 15 rings (SSSR count). The fourth-order valence-electron chi connectivity index (χ4n) is 11.9. The van der Waals surface area contributed by atoms with Crippen LogP contribution >= 0.6 is 74.6 Å². The number of halogens is 8. The zero-order chi connectivity index (χ0) is 87.7. The number of aryl methyl sites for hydroxylation is 6. The molecule has 1 aliphatic heterocycles. The maximum absolute atomic E-state index is 14.5. The Balaban J connectivity index is 0.000000183. The fourth-order valence-corrected chi connectivity index (χ4v) is 17.4. The molecule has 1 aliphatic rings. The summed E-state index contributed by atoms with van der Waals surface area (Å²) in [5, 5.41) is 4.70. The maximum Gasteiger partial charge on any atom is 1.00 e. The Morgan fingerprint density at radius 3 is 1.05 bits per heavy atom. The fraction of sp³-hybridized carbons (Fsp3) is 0.172. The average molecular weight is 1890 g/mol. The van der Waals surface area contributed by atoms with E-state index >= 15 is 0 Å². The SMILES string of the molecule is CC(C)(C)c1ccccc1OP(F)Oc1ccccc1C(C)(C)C.Cc1cc(C)c2op(F)oc3c(C)cc(C)cc3c2c1.Cc1ccccc1OP(F)Oc1ccccc1C.FP1Oc2ccc(Cl)cc2Cc2cc(Cl)ccc2O1.Fp1oc2ccccc2c2ccccc2o1.O=S(=O)([O-])c1ccc(OP(F)Oc2ccc(S(=O)(=O)[O-])cc2)cc1.[Na+].[Na+]. The van der Waals surface area contributed by atoms with Gasteiger partial charge in [0.25, 0.3) is 0 Å². The minimum Gasteiger partial charge on any atom is -0.744 e. The van der Waals surface area contributed by atoms with E-state index in [0.29, 0.717) is 73.3 Å². The summed E-state index contributed by atoms with van der Waals surface area (Å²) in [5.41, 5.74) is 11.4. The van der Waals surface area contributed by atoms with Crippen LogP contribution in [0, 0.1) is 41.5 Å². The molecule has 36 heteroatoms. The molecule has 0 amide bonds. The summed E-state index contributed by atoms with van der Waals surface area (Å²) in [7, 11) is -24.6. The first kappa shape index (κ1) is 101. The van der Waals surface area contributed by atoms with Gasteiger partial charge in [-0.05, 0) is 219 Å². The smallest absolute Gasteiger partial charge is 0.744 e. The molecule has 12 aromatic carbocycles. The van der Waals surface area contributed by atoms with Crippen LogP contribution in [0.5, 0.6) is 46.0 Å². The number of hydrogen-bond donors (Lipinski definition) is 0. The Hall–Kier alpha value is -7.46. The van der Waals surface area contributed by atoms with E-state index in [1.165, 1.54) is 0 Å². The van der Waals surface area contributed by atoms with E-state index in [-0.39, 0.29) is 81.4 Å². The van der Waals surface area contributed by atoms with Gasteiger partial charge in [0, 0.05) is 60.3 Å². The summed E-state index contributed by atoms with van der Waals surface area (Å²) < 4.78 is 210. The monoisotopic (exact) mass is 1890 g/mol. The first-order valence-electron chi connectivity index (χ1n) is 36.5. The molecule has 0 radical (unpaired) electrons. The predicted octanol–water partition coefficient (Wildman–Crippen LogP) is 24.9. The van der Waals surface area contributed by atoms with E-state index in [2.05, 4.69) is 41.5 Å². The molecule has 636 valence electrons. The molecule has 0 fully saturated rings. The summed E-state index contributed by atoms with van der Waals surface area (Å²) in [6.07, 6.45) is 0.523. The first-order chi connectivity index (χ1) is 57.2. The molecule has 0 saturated heterocycles. The van der Waals surface area contributed by atoms with Gasteiger partial charge in [0.05, 0.1) is 9.79 Å². The Labute approximate surface area is 771 Å². The standard InChI is InChI=1S/C20H26FO2P.C16H16FO2P.C14H14FO2P.C13H8Cl2FO2P.C12H10FO8PS2.C12H8FO2P.2Na/c1-19(2,3)15-11-7-9-13-17(15)22-24(21)23-18-14-10-8-12-16(18)20(4,5)6;1-9-5-11(3)15-13(7-9)14-8-10(2)6-12(4)16(14)19-20(17)18-15;1-11-7-3-5-9-13(11)16-18(15)17-14-10-6-4-8-12(14)2;14-10-1-3-12-8(6-10)5-9-7-11(15)2-4-13(9)18-19(16)17-12;13-22(20-9-1-5-11(6-2-9)23(14,15)16)21-10-3-7-12(8-4-10)24(17,18)19;13-16-14-11-7-3-1-5-9(11)10-6-2-4-8-12(10)15-16;;/h7-14H,1-6H3;5-8H,1-4H3;3-10H,1-2H3;1-4,6-7H,5H2;1-8H,(H,14,15,16)(H,17,18,19);1-8H;;/q;;;;;;2*+1/p-2. The van der Waals surface area contributed by atoms with Gasteiger partial charge in [0.1, 0.15) is 88.6 Å². The Kier molecular flexibility index (Phi) is 37.6. The van der Waals surface area contributed by atoms with Crippen molar-refractivity contribution < 1.29 is 163 Å². The molecule has 0 saturated carbocycles. The second kappa shape index (κ2) is 45.8. The third-order valence-electron chi connectivity index (χ3n) is 17.5. The third kappa shape index (κ3) is 29.8. The number of para-hydroxylation sites is 6. The number of benzene rings is 12. The van der Waals surface area contributed by atoms with E-state index in [4.69, 9.17) is 76.2 Å². The van der Waals surface area contributed by atoms with Crippen molar-refractivity contribution in [3.05, 3.63) is 320 Å². The van der Waals surface area contributed by atoms with E-state index in [9.17, 15) is 51.1 Å². The maximum atomic E-state index is 14.5. The number of rotatable bonds is 14. The molecule has 18 nitrogen and oxygen atoms in total. The molecular formula is C87H80Cl2F6Na2O18P6S2. The van der Waals surface area contributed by atoms with Crippen LogP contribution in [0.15, 0.2) is 281 Å². The second-order valence-electron chi connectivity index (χ2n) is 28.8. The van der Waals surface area contributed by atoms with E-state index in [0.717, 1.165) is 126 Å².